The zero-order chi connectivity index (χ0) is 19.0. The first-order chi connectivity index (χ1) is 13.1. The molecule has 1 aliphatic heterocycles. The predicted octanol–water partition coefficient (Wildman–Crippen LogP) is 3.96. The molecular formula is C21H23N5S. The molecule has 3 aromatic heterocycles. The predicted molar refractivity (Wildman–Crippen MR) is 111 cm³/mol. The van der Waals surface area contributed by atoms with Crippen LogP contribution in [0.4, 0.5) is 0 Å². The summed E-state index contributed by atoms with van der Waals surface area (Å²) in [6.45, 7) is 6.46. The first-order valence-electron chi connectivity index (χ1n) is 9.16. The third-order valence-corrected chi connectivity index (χ3v) is 5.33. The van der Waals surface area contributed by atoms with Gasteiger partial charge in [0, 0.05) is 29.8 Å². The van der Waals surface area contributed by atoms with Crippen LogP contribution in [-0.4, -0.2) is 30.6 Å². The molecule has 1 aliphatic rings. The van der Waals surface area contributed by atoms with Crippen molar-refractivity contribution < 1.29 is 0 Å². The van der Waals surface area contributed by atoms with Crippen LogP contribution in [0.3, 0.4) is 0 Å². The molecule has 1 saturated heterocycles. The normalized spacial score (nSPS) is 19.6. The van der Waals surface area contributed by atoms with Crippen LogP contribution in [0.2, 0.25) is 0 Å². The zero-order valence-corrected chi connectivity index (χ0v) is 16.5. The van der Waals surface area contributed by atoms with Crippen molar-refractivity contribution in [3.05, 3.63) is 78.1 Å². The van der Waals surface area contributed by atoms with Crippen molar-refractivity contribution in [3.63, 3.8) is 0 Å². The summed E-state index contributed by atoms with van der Waals surface area (Å²) in [7, 11) is 0. The molecule has 138 valence electrons. The van der Waals surface area contributed by atoms with E-state index in [-0.39, 0.29) is 18.1 Å². The lowest BCUT2D eigenvalue weighted by molar-refractivity contribution is 0.262. The van der Waals surface area contributed by atoms with Crippen molar-refractivity contribution >= 4 is 17.3 Å². The second-order valence-electron chi connectivity index (χ2n) is 7.07. The van der Waals surface area contributed by atoms with Gasteiger partial charge in [0.2, 0.25) is 0 Å². The maximum atomic E-state index is 5.70. The Morgan fingerprint density at radius 3 is 2.59 bits per heavy atom. The van der Waals surface area contributed by atoms with E-state index in [4.69, 9.17) is 12.2 Å². The summed E-state index contributed by atoms with van der Waals surface area (Å²) >= 11 is 5.70. The second-order valence-corrected chi connectivity index (χ2v) is 7.46. The minimum Gasteiger partial charge on any atom is -0.352 e. The van der Waals surface area contributed by atoms with E-state index >= 15 is 0 Å². The Balaban J connectivity index is 1.88. The van der Waals surface area contributed by atoms with Gasteiger partial charge < -0.3 is 14.8 Å². The molecule has 0 aliphatic carbocycles. The van der Waals surface area contributed by atoms with Gasteiger partial charge in [-0.3, -0.25) is 9.97 Å². The van der Waals surface area contributed by atoms with Crippen molar-refractivity contribution in [3.8, 4) is 5.69 Å². The van der Waals surface area contributed by atoms with Crippen LogP contribution in [0, 0.1) is 6.92 Å². The number of hydrogen-bond acceptors (Lipinski definition) is 3. The summed E-state index contributed by atoms with van der Waals surface area (Å²) in [5.41, 5.74) is 4.39. The van der Waals surface area contributed by atoms with Crippen LogP contribution in [0.15, 0.2) is 61.1 Å². The van der Waals surface area contributed by atoms with Crippen LogP contribution >= 0.6 is 12.2 Å². The summed E-state index contributed by atoms with van der Waals surface area (Å²) in [6, 6.07) is 14.7. The van der Waals surface area contributed by atoms with Crippen molar-refractivity contribution in [1.82, 2.24) is 24.8 Å². The summed E-state index contributed by atoms with van der Waals surface area (Å²) in [5, 5.41) is 4.27. The zero-order valence-electron chi connectivity index (χ0n) is 15.7. The third-order valence-electron chi connectivity index (χ3n) is 5.01. The summed E-state index contributed by atoms with van der Waals surface area (Å²) in [5.74, 6) is 0. The van der Waals surface area contributed by atoms with Gasteiger partial charge in [-0.05, 0) is 69.4 Å². The number of aryl methyl sites for hydroxylation is 1. The standard InChI is InChI=1S/C21H23N5S/c1-14(2)25-20(19(24-21(25)27)17-8-4-5-12-23-17)18-10-9-15(3)26(18)16-7-6-11-22-13-16/h4-14,19-20H,1-3H3,(H,24,27)/t19-,20-/m1/s1. The minimum atomic E-state index is -0.00850. The van der Waals surface area contributed by atoms with Gasteiger partial charge in [0.25, 0.3) is 0 Å². The van der Waals surface area contributed by atoms with E-state index in [1.54, 1.807) is 6.20 Å². The molecule has 1 N–H and O–H groups in total. The van der Waals surface area contributed by atoms with Crippen LogP contribution in [0.5, 0.6) is 0 Å². The largest absolute Gasteiger partial charge is 0.352 e. The molecule has 4 heterocycles. The van der Waals surface area contributed by atoms with Crippen molar-refractivity contribution in [1.29, 1.82) is 0 Å². The van der Waals surface area contributed by atoms with Gasteiger partial charge >= 0.3 is 0 Å². The lowest BCUT2D eigenvalue weighted by Gasteiger charge is -2.32. The molecule has 0 saturated carbocycles. The first-order valence-corrected chi connectivity index (χ1v) is 9.57. The van der Waals surface area contributed by atoms with E-state index in [1.165, 1.54) is 11.4 Å². The average molecular weight is 378 g/mol. The van der Waals surface area contributed by atoms with Gasteiger partial charge in [-0.2, -0.15) is 0 Å². The molecule has 6 heteroatoms. The van der Waals surface area contributed by atoms with E-state index < -0.39 is 0 Å². The van der Waals surface area contributed by atoms with Crippen LogP contribution in [-0.2, 0) is 0 Å². The molecule has 1 fully saturated rings. The monoisotopic (exact) mass is 377 g/mol. The fourth-order valence-electron chi connectivity index (χ4n) is 3.87. The van der Waals surface area contributed by atoms with Crippen molar-refractivity contribution in [2.75, 3.05) is 0 Å². The Bertz CT molecular complexity index is 936. The molecule has 2 atom stereocenters. The second kappa shape index (κ2) is 7.12. The maximum absolute atomic E-state index is 5.70. The Kier molecular flexibility index (Phi) is 4.66. The van der Waals surface area contributed by atoms with E-state index in [1.807, 2.05) is 30.6 Å². The number of aromatic nitrogens is 3. The first kappa shape index (κ1) is 17.7. The number of rotatable bonds is 4. The molecule has 27 heavy (non-hydrogen) atoms. The van der Waals surface area contributed by atoms with Crippen LogP contribution < -0.4 is 5.32 Å². The van der Waals surface area contributed by atoms with Gasteiger partial charge in [0.15, 0.2) is 5.11 Å². The van der Waals surface area contributed by atoms with Gasteiger partial charge in [0.05, 0.1) is 29.7 Å². The molecule has 0 bridgehead atoms. The Hall–Kier alpha value is -2.73. The highest BCUT2D eigenvalue weighted by atomic mass is 32.1. The Labute approximate surface area is 165 Å². The summed E-state index contributed by atoms with van der Waals surface area (Å²) in [4.78, 5) is 11.2. The van der Waals surface area contributed by atoms with Gasteiger partial charge in [-0.1, -0.05) is 6.07 Å². The lowest BCUT2D eigenvalue weighted by atomic mass is 10.0. The smallest absolute Gasteiger partial charge is 0.170 e. The third kappa shape index (κ3) is 3.10. The van der Waals surface area contributed by atoms with Crippen LogP contribution in [0.1, 0.15) is 43.0 Å². The van der Waals surface area contributed by atoms with Gasteiger partial charge in [-0.25, -0.2) is 0 Å². The fraction of sp³-hybridized carbons (Fsp3) is 0.286. The SMILES string of the molecule is Cc1ccc([C@@H]2[C@@H](c3ccccn3)NC(=S)N2C(C)C)n1-c1cccnc1. The molecule has 0 radical (unpaired) electrons. The van der Waals surface area contributed by atoms with E-state index in [9.17, 15) is 0 Å². The van der Waals surface area contributed by atoms with E-state index in [0.717, 1.165) is 16.5 Å². The summed E-state index contributed by atoms with van der Waals surface area (Å²) in [6.07, 6.45) is 5.53. The molecule has 0 unspecified atom stereocenters. The highest BCUT2D eigenvalue weighted by molar-refractivity contribution is 7.80. The van der Waals surface area contributed by atoms with Crippen LogP contribution in [0.25, 0.3) is 5.69 Å². The van der Waals surface area contributed by atoms with Gasteiger partial charge in [0.1, 0.15) is 0 Å². The topological polar surface area (TPSA) is 46.0 Å². The molecule has 0 amide bonds. The fourth-order valence-corrected chi connectivity index (χ4v) is 4.32. The Morgan fingerprint density at radius 1 is 1.07 bits per heavy atom. The maximum Gasteiger partial charge on any atom is 0.170 e. The van der Waals surface area contributed by atoms with E-state index in [0.29, 0.717) is 0 Å². The molecule has 5 nitrogen and oxygen atoms in total. The quantitative estimate of drug-likeness (QED) is 0.698. The van der Waals surface area contributed by atoms with E-state index in [2.05, 4.69) is 69.8 Å². The average Bonchev–Trinajstić information content (AvgIpc) is 3.22. The number of hydrogen-bond donors (Lipinski definition) is 1. The molecular weight excluding hydrogens is 354 g/mol. The molecule has 0 aromatic carbocycles. The minimum absolute atomic E-state index is 0.00850. The lowest BCUT2D eigenvalue weighted by Crippen LogP contribution is -2.36. The Morgan fingerprint density at radius 2 is 1.93 bits per heavy atom. The van der Waals surface area contributed by atoms with Crippen molar-refractivity contribution in [2.24, 2.45) is 0 Å². The summed E-state index contributed by atoms with van der Waals surface area (Å²) < 4.78 is 2.26. The highest BCUT2D eigenvalue weighted by Gasteiger charge is 2.42. The molecule has 4 rings (SSSR count). The van der Waals surface area contributed by atoms with Gasteiger partial charge in [-0.15, -0.1) is 0 Å². The number of nitrogens with one attached hydrogen (secondary N) is 1. The molecule has 0 spiro atoms. The number of nitrogens with zero attached hydrogens (tertiary/aromatic N) is 4. The number of thiocarbonyl (C=S) groups is 1. The highest BCUT2D eigenvalue weighted by Crippen LogP contribution is 2.41. The molecule has 3 aromatic rings. The van der Waals surface area contributed by atoms with Crippen molar-refractivity contribution in [2.45, 2.75) is 38.9 Å². The number of pyridine rings is 2.